The largest absolute Gasteiger partial charge is 0.354 e. The molecular weight excluding hydrogens is 730 g/mol. The minimum absolute atomic E-state index is 0. The van der Waals surface area contributed by atoms with Gasteiger partial charge in [0.2, 0.25) is 0 Å². The summed E-state index contributed by atoms with van der Waals surface area (Å²) in [5.41, 5.74) is 21.7. The van der Waals surface area contributed by atoms with Gasteiger partial charge >= 0.3 is 0 Å². The maximum Gasteiger partial charge on any atom is 0.0801 e. The van der Waals surface area contributed by atoms with E-state index in [1.54, 1.807) is 0 Å². The molecule has 6 aromatic rings. The number of aromatic amines is 2. The fourth-order valence-corrected chi connectivity index (χ4v) is 8.21. The van der Waals surface area contributed by atoms with E-state index in [0.29, 0.717) is 0 Å². The monoisotopic (exact) mass is 764 g/mol. The number of aromatic nitrogens is 4. The fourth-order valence-electron chi connectivity index (χ4n) is 7.75. The van der Waals surface area contributed by atoms with Crippen molar-refractivity contribution in [1.29, 1.82) is 0 Å². The Kier molecular flexibility index (Phi) is 8.96. The van der Waals surface area contributed by atoms with Crippen LogP contribution in [-0.4, -0.2) is 19.9 Å². The van der Waals surface area contributed by atoms with Crippen molar-refractivity contribution in [3.05, 3.63) is 139 Å². The van der Waals surface area contributed by atoms with Gasteiger partial charge in [-0.3, -0.25) is 0 Å². The van der Waals surface area contributed by atoms with Crippen molar-refractivity contribution in [3.63, 3.8) is 0 Å². The summed E-state index contributed by atoms with van der Waals surface area (Å²) < 4.78 is 0.911. The summed E-state index contributed by atoms with van der Waals surface area (Å²) in [7, 11) is 0. The molecule has 0 fully saturated rings. The number of halogens is 1. The number of fused-ring (bicyclic) bond motifs is 8. The van der Waals surface area contributed by atoms with Gasteiger partial charge in [-0.15, -0.1) is 0 Å². The Morgan fingerprint density at radius 1 is 0.440 bits per heavy atom. The molecule has 50 heavy (non-hydrogen) atoms. The third-order valence-corrected chi connectivity index (χ3v) is 10.4. The van der Waals surface area contributed by atoms with E-state index in [1.807, 2.05) is 0 Å². The number of hydrogen-bond donors (Lipinski definition) is 2. The Morgan fingerprint density at radius 3 is 1.32 bits per heavy atom. The number of benzene rings is 3. The maximum absolute atomic E-state index is 5.42. The summed E-state index contributed by atoms with van der Waals surface area (Å²) in [6.07, 6.45) is 8.56. The first-order valence-electron chi connectivity index (χ1n) is 16.7. The van der Waals surface area contributed by atoms with Gasteiger partial charge in [0.05, 0.1) is 32.8 Å². The summed E-state index contributed by atoms with van der Waals surface area (Å²) in [6.45, 7) is 13.1. The zero-order valence-corrected chi connectivity index (χ0v) is 33.8. The van der Waals surface area contributed by atoms with Crippen LogP contribution in [0, 0.1) is 41.5 Å². The van der Waals surface area contributed by atoms with Crippen LogP contribution in [-0.2, 0) is 19.5 Å². The number of nitrogens with zero attached hydrogens (tertiary/aromatic N) is 2. The molecule has 8 bridgehead atoms. The van der Waals surface area contributed by atoms with Gasteiger partial charge in [0.25, 0.3) is 0 Å². The molecule has 3 aromatic heterocycles. The first kappa shape index (κ1) is 33.8. The van der Waals surface area contributed by atoms with Gasteiger partial charge in [0, 0.05) is 52.7 Å². The van der Waals surface area contributed by atoms with Crippen molar-refractivity contribution in [2.75, 3.05) is 0 Å². The van der Waals surface area contributed by atoms with E-state index < -0.39 is 0 Å². The van der Waals surface area contributed by atoms with Crippen molar-refractivity contribution in [1.82, 2.24) is 19.9 Å². The van der Waals surface area contributed by atoms with Crippen LogP contribution in [0.1, 0.15) is 56.2 Å². The number of aryl methyl sites for hydroxylation is 6. The van der Waals surface area contributed by atoms with E-state index in [2.05, 4.69) is 171 Å². The molecule has 2 aliphatic heterocycles. The van der Waals surface area contributed by atoms with E-state index >= 15 is 0 Å². The number of rotatable bonds is 3. The summed E-state index contributed by atoms with van der Waals surface area (Å²) >= 11 is 3.94. The third kappa shape index (κ3) is 5.85. The molecule has 0 atom stereocenters. The second-order valence-corrected chi connectivity index (χ2v) is 14.1. The molecule has 5 heterocycles. The third-order valence-electron chi connectivity index (χ3n) is 9.61. The standard InChI is InChI=1S/C44H37BrN4.Zn/c1-24-20-26(3)39(27(4)21-24)42-33-14-12-31(46-33)41(30-10-8-7-9-11-30)32-13-15-34(47-32)43(40-28(5)22-25(2)23-29(40)6)36-17-19-38(49-36)44(45)37-18-16-35(42)48-37;/h7-23,46,49H,1-6H3;. The van der Waals surface area contributed by atoms with Crippen molar-refractivity contribution >= 4 is 62.3 Å². The molecule has 2 aliphatic rings. The summed E-state index contributed by atoms with van der Waals surface area (Å²) in [5.74, 6) is 0. The van der Waals surface area contributed by atoms with Gasteiger partial charge in [-0.25, -0.2) is 9.97 Å². The molecule has 0 unspecified atom stereocenters. The van der Waals surface area contributed by atoms with Crippen molar-refractivity contribution in [3.8, 4) is 33.4 Å². The van der Waals surface area contributed by atoms with Crippen LogP contribution in [0.15, 0.2) is 83.3 Å². The molecule has 0 radical (unpaired) electrons. The number of H-pyrrole nitrogens is 2. The SMILES string of the molecule is Cc1cc(C)c(-c2c3nc(c(-c4ccccc4)c4ccc([nH]4)c(-c4c(C)cc(C)cc4C)c4nc(c(Br)c5ccc2[nH]5)C=C4)C=C3)c(C)c1.[Zn]. The second kappa shape index (κ2) is 13.2. The predicted molar refractivity (Wildman–Crippen MR) is 211 cm³/mol. The Bertz CT molecular complexity index is 2470. The molecular formula is C44H37BrN4Zn. The zero-order valence-electron chi connectivity index (χ0n) is 29.3. The molecule has 8 rings (SSSR count). The van der Waals surface area contributed by atoms with Gasteiger partial charge in [-0.05, 0) is 145 Å². The minimum atomic E-state index is 0. The fraction of sp³-hybridized carbons (Fsp3) is 0.136. The van der Waals surface area contributed by atoms with Gasteiger partial charge in [0.15, 0.2) is 0 Å². The topological polar surface area (TPSA) is 57.4 Å². The van der Waals surface area contributed by atoms with Crippen LogP contribution in [0.5, 0.6) is 0 Å². The van der Waals surface area contributed by atoms with E-state index in [0.717, 1.165) is 71.6 Å². The molecule has 2 N–H and O–H groups in total. The molecule has 4 nitrogen and oxygen atoms in total. The van der Waals surface area contributed by atoms with Gasteiger partial charge < -0.3 is 9.97 Å². The van der Waals surface area contributed by atoms with Crippen LogP contribution in [0.4, 0.5) is 0 Å². The van der Waals surface area contributed by atoms with Crippen LogP contribution >= 0.6 is 15.9 Å². The smallest absolute Gasteiger partial charge is 0.0801 e. The van der Waals surface area contributed by atoms with Crippen LogP contribution < -0.4 is 0 Å². The molecule has 0 spiro atoms. The quantitative estimate of drug-likeness (QED) is 0.176. The molecule has 3 aromatic carbocycles. The summed E-state index contributed by atoms with van der Waals surface area (Å²) in [6, 6.07) is 28.3. The van der Waals surface area contributed by atoms with E-state index in [4.69, 9.17) is 9.97 Å². The average Bonchev–Trinajstić information content (AvgIpc) is 3.89. The Balaban J connectivity index is 0.00000392. The van der Waals surface area contributed by atoms with Crippen molar-refractivity contribution < 1.29 is 19.5 Å². The van der Waals surface area contributed by atoms with Crippen LogP contribution in [0.25, 0.3) is 79.8 Å². The van der Waals surface area contributed by atoms with E-state index in [9.17, 15) is 0 Å². The molecule has 0 aliphatic carbocycles. The Hall–Kier alpha value is -4.64. The van der Waals surface area contributed by atoms with Gasteiger partial charge in [0.1, 0.15) is 0 Å². The van der Waals surface area contributed by atoms with Gasteiger partial charge in [-0.1, -0.05) is 65.7 Å². The van der Waals surface area contributed by atoms with E-state index in [-0.39, 0.29) is 19.5 Å². The van der Waals surface area contributed by atoms with Crippen LogP contribution in [0.2, 0.25) is 0 Å². The van der Waals surface area contributed by atoms with Crippen LogP contribution in [0.3, 0.4) is 0 Å². The number of hydrogen-bond acceptors (Lipinski definition) is 2. The van der Waals surface area contributed by atoms with Crippen molar-refractivity contribution in [2.24, 2.45) is 0 Å². The van der Waals surface area contributed by atoms with Gasteiger partial charge in [-0.2, -0.15) is 0 Å². The Morgan fingerprint density at radius 2 is 0.820 bits per heavy atom. The summed E-state index contributed by atoms with van der Waals surface area (Å²) in [4.78, 5) is 18.3. The van der Waals surface area contributed by atoms with Crippen molar-refractivity contribution in [2.45, 2.75) is 41.5 Å². The molecule has 0 amide bonds. The minimum Gasteiger partial charge on any atom is -0.354 e. The summed E-state index contributed by atoms with van der Waals surface area (Å²) in [5, 5.41) is 0. The number of nitrogens with one attached hydrogen (secondary N) is 2. The predicted octanol–water partition coefficient (Wildman–Crippen LogP) is 12.3. The normalized spacial score (nSPS) is 12.0. The molecule has 0 saturated carbocycles. The first-order chi connectivity index (χ1) is 23.7. The first-order valence-corrected chi connectivity index (χ1v) is 17.5. The molecule has 0 saturated heterocycles. The van der Waals surface area contributed by atoms with E-state index in [1.165, 1.54) is 44.5 Å². The maximum atomic E-state index is 5.42. The average molecular weight is 767 g/mol. The zero-order chi connectivity index (χ0) is 34.0. The molecule has 242 valence electrons. The second-order valence-electron chi connectivity index (χ2n) is 13.4. The molecule has 6 heteroatoms. The Labute approximate surface area is 314 Å².